The predicted octanol–water partition coefficient (Wildman–Crippen LogP) is 0.892. The van der Waals surface area contributed by atoms with Crippen LogP contribution in [0.25, 0.3) is 0 Å². The molecule has 168 valence electrons. The van der Waals surface area contributed by atoms with E-state index in [4.69, 9.17) is 9.47 Å². The number of hydrogen-bond acceptors (Lipinski definition) is 6. The van der Waals surface area contributed by atoms with Gasteiger partial charge in [0.05, 0.1) is 18.6 Å². The molecular weight excluding hydrogens is 402 g/mol. The molecule has 1 aromatic rings. The highest BCUT2D eigenvalue weighted by atomic mass is 16.7. The lowest BCUT2D eigenvalue weighted by Gasteiger charge is -2.31. The van der Waals surface area contributed by atoms with E-state index in [-0.39, 0.29) is 56.0 Å². The average molecular weight is 431 g/mol. The van der Waals surface area contributed by atoms with Crippen LogP contribution in [0.15, 0.2) is 18.2 Å². The maximum absolute atomic E-state index is 13.1. The smallest absolute Gasteiger partial charge is 0.245 e. The van der Waals surface area contributed by atoms with Crippen LogP contribution in [0.4, 0.5) is 5.69 Å². The van der Waals surface area contributed by atoms with Gasteiger partial charge in [0.15, 0.2) is 11.5 Å². The fourth-order valence-electron chi connectivity index (χ4n) is 4.46. The quantitative estimate of drug-likeness (QED) is 0.693. The van der Waals surface area contributed by atoms with Gasteiger partial charge in [0.25, 0.3) is 0 Å². The number of ether oxygens (including phenoxy) is 2. The largest absolute Gasteiger partial charge is 0.454 e. The van der Waals surface area contributed by atoms with Crippen molar-refractivity contribution in [2.45, 2.75) is 45.2 Å². The Labute approximate surface area is 181 Å². The van der Waals surface area contributed by atoms with Crippen LogP contribution in [0, 0.1) is 11.8 Å². The van der Waals surface area contributed by atoms with Gasteiger partial charge in [0, 0.05) is 31.3 Å². The molecule has 0 radical (unpaired) electrons. The molecule has 3 unspecified atom stereocenters. The summed E-state index contributed by atoms with van der Waals surface area (Å²) in [6.45, 7) is 4.66. The van der Waals surface area contributed by atoms with Gasteiger partial charge in [-0.1, -0.05) is 13.8 Å². The molecule has 3 aliphatic heterocycles. The molecule has 9 heteroatoms. The van der Waals surface area contributed by atoms with Crippen LogP contribution >= 0.6 is 0 Å². The molecule has 0 aromatic heterocycles. The number of carbonyl (C=O) groups is 3. The minimum Gasteiger partial charge on any atom is -0.454 e. The Bertz CT molecular complexity index is 873. The molecule has 1 aromatic carbocycles. The number of fused-ring (bicyclic) bond motifs is 1. The van der Waals surface area contributed by atoms with Crippen molar-refractivity contribution in [2.24, 2.45) is 11.8 Å². The fourth-order valence-corrected chi connectivity index (χ4v) is 4.46. The maximum atomic E-state index is 13.1. The highest BCUT2D eigenvalue weighted by molar-refractivity contribution is 6.01. The molecule has 9 nitrogen and oxygen atoms in total. The zero-order valence-electron chi connectivity index (χ0n) is 17.9. The number of aliphatic hydroxyl groups is 1. The maximum Gasteiger partial charge on any atom is 0.245 e. The van der Waals surface area contributed by atoms with E-state index in [9.17, 15) is 19.5 Å². The van der Waals surface area contributed by atoms with Crippen molar-refractivity contribution in [1.29, 1.82) is 0 Å². The van der Waals surface area contributed by atoms with E-state index in [0.29, 0.717) is 23.7 Å². The number of rotatable bonds is 6. The highest BCUT2D eigenvalue weighted by Gasteiger charge is 2.39. The summed E-state index contributed by atoms with van der Waals surface area (Å²) in [4.78, 5) is 41.9. The predicted molar refractivity (Wildman–Crippen MR) is 112 cm³/mol. The molecule has 4 rings (SSSR count). The first-order chi connectivity index (χ1) is 14.9. The monoisotopic (exact) mass is 431 g/mol. The summed E-state index contributed by atoms with van der Waals surface area (Å²) in [6, 6.07) is 4.38. The summed E-state index contributed by atoms with van der Waals surface area (Å²) < 4.78 is 10.7. The van der Waals surface area contributed by atoms with E-state index in [1.54, 1.807) is 28.0 Å². The molecule has 2 fully saturated rings. The van der Waals surface area contributed by atoms with Crippen molar-refractivity contribution >= 4 is 23.4 Å². The molecule has 3 heterocycles. The zero-order chi connectivity index (χ0) is 22.1. The molecule has 3 amide bonds. The second kappa shape index (κ2) is 8.74. The number of anilines is 1. The second-order valence-electron chi connectivity index (χ2n) is 8.68. The summed E-state index contributed by atoms with van der Waals surface area (Å²) in [7, 11) is 0. The Morgan fingerprint density at radius 2 is 2.03 bits per heavy atom. The number of aliphatic hydroxyl groups excluding tert-OH is 1. The summed E-state index contributed by atoms with van der Waals surface area (Å²) in [6.07, 6.45) is 1.70. The number of likely N-dealkylation sites (tertiary alicyclic amines) is 1. The minimum absolute atomic E-state index is 0.0773. The van der Waals surface area contributed by atoms with E-state index in [2.05, 4.69) is 5.32 Å². The van der Waals surface area contributed by atoms with E-state index >= 15 is 0 Å². The van der Waals surface area contributed by atoms with Crippen LogP contribution in [0.1, 0.15) is 33.1 Å². The molecular formula is C22H29N3O6. The highest BCUT2D eigenvalue weighted by Crippen LogP contribution is 2.37. The summed E-state index contributed by atoms with van der Waals surface area (Å²) >= 11 is 0. The molecule has 0 saturated carbocycles. The van der Waals surface area contributed by atoms with Gasteiger partial charge in [-0.2, -0.15) is 0 Å². The van der Waals surface area contributed by atoms with Gasteiger partial charge >= 0.3 is 0 Å². The van der Waals surface area contributed by atoms with E-state index < -0.39 is 12.0 Å². The first-order valence-electron chi connectivity index (χ1n) is 10.8. The van der Waals surface area contributed by atoms with Crippen LogP contribution < -0.4 is 19.7 Å². The van der Waals surface area contributed by atoms with Gasteiger partial charge < -0.3 is 29.7 Å². The van der Waals surface area contributed by atoms with Gasteiger partial charge in [-0.15, -0.1) is 0 Å². The third kappa shape index (κ3) is 4.19. The molecule has 2 N–H and O–H groups in total. The van der Waals surface area contributed by atoms with Crippen molar-refractivity contribution in [3.63, 3.8) is 0 Å². The van der Waals surface area contributed by atoms with Crippen molar-refractivity contribution < 1.29 is 29.0 Å². The fraction of sp³-hybridized carbons (Fsp3) is 0.591. The molecule has 0 spiro atoms. The van der Waals surface area contributed by atoms with Crippen molar-refractivity contribution in [3.05, 3.63) is 18.2 Å². The van der Waals surface area contributed by atoms with Crippen LogP contribution in [0.5, 0.6) is 11.5 Å². The standard InChI is InChI=1S/C22H29N3O6/c1-13(2)20(22(29)24-7-3-4-16(24)11-26)23-21(28)14-8-19(27)25(10-14)15-5-6-17-18(9-15)31-12-30-17/h5-6,9,13-14,16,20,26H,3-4,7-8,10-12H2,1-2H3,(H,23,28). The lowest BCUT2D eigenvalue weighted by atomic mass is 10.00. The van der Waals surface area contributed by atoms with Crippen molar-refractivity contribution in [3.8, 4) is 11.5 Å². The van der Waals surface area contributed by atoms with Crippen LogP contribution in [0.2, 0.25) is 0 Å². The van der Waals surface area contributed by atoms with E-state index in [1.807, 2.05) is 13.8 Å². The molecule has 0 bridgehead atoms. The number of nitrogens with zero attached hydrogens (tertiary/aromatic N) is 2. The average Bonchev–Trinajstić information content (AvgIpc) is 3.49. The summed E-state index contributed by atoms with van der Waals surface area (Å²) in [5.41, 5.74) is 0.656. The van der Waals surface area contributed by atoms with Gasteiger partial charge in [-0.05, 0) is 30.9 Å². The number of benzene rings is 1. The molecule has 3 aliphatic rings. The van der Waals surface area contributed by atoms with Crippen LogP contribution in [-0.2, 0) is 14.4 Å². The zero-order valence-corrected chi connectivity index (χ0v) is 17.9. The summed E-state index contributed by atoms with van der Waals surface area (Å²) in [5, 5.41) is 12.4. The first kappa shape index (κ1) is 21.4. The first-order valence-corrected chi connectivity index (χ1v) is 10.8. The topological polar surface area (TPSA) is 108 Å². The van der Waals surface area contributed by atoms with Crippen LogP contribution in [-0.4, -0.2) is 66.3 Å². The number of hydrogen-bond donors (Lipinski definition) is 2. The van der Waals surface area contributed by atoms with Crippen LogP contribution in [0.3, 0.4) is 0 Å². The normalized spacial score (nSPS) is 23.5. The lowest BCUT2D eigenvalue weighted by molar-refractivity contribution is -0.139. The number of amides is 3. The Morgan fingerprint density at radius 3 is 2.77 bits per heavy atom. The van der Waals surface area contributed by atoms with Gasteiger partial charge in [0.1, 0.15) is 6.04 Å². The lowest BCUT2D eigenvalue weighted by Crippen LogP contribution is -2.54. The summed E-state index contributed by atoms with van der Waals surface area (Å²) in [5.74, 6) is -0.0667. The Balaban J connectivity index is 1.42. The van der Waals surface area contributed by atoms with E-state index in [0.717, 1.165) is 12.8 Å². The van der Waals surface area contributed by atoms with Gasteiger partial charge in [-0.3, -0.25) is 14.4 Å². The third-order valence-electron chi connectivity index (χ3n) is 6.27. The van der Waals surface area contributed by atoms with Gasteiger partial charge in [0.2, 0.25) is 24.5 Å². The Kier molecular flexibility index (Phi) is 6.04. The minimum atomic E-state index is -0.686. The molecule has 2 saturated heterocycles. The SMILES string of the molecule is CC(C)C(NC(=O)C1CC(=O)N(c2ccc3c(c2)OCO3)C1)C(=O)N1CCCC1CO. The van der Waals surface area contributed by atoms with Crippen molar-refractivity contribution in [1.82, 2.24) is 10.2 Å². The Hall–Kier alpha value is -2.81. The second-order valence-corrected chi connectivity index (χ2v) is 8.68. The molecule has 3 atom stereocenters. The van der Waals surface area contributed by atoms with Crippen molar-refractivity contribution in [2.75, 3.05) is 31.4 Å². The number of nitrogens with one attached hydrogen (secondary N) is 1. The Morgan fingerprint density at radius 1 is 1.26 bits per heavy atom. The molecule has 31 heavy (non-hydrogen) atoms. The van der Waals surface area contributed by atoms with Gasteiger partial charge in [-0.25, -0.2) is 0 Å². The molecule has 0 aliphatic carbocycles. The number of carbonyl (C=O) groups excluding carboxylic acids is 3. The third-order valence-corrected chi connectivity index (χ3v) is 6.27. The van der Waals surface area contributed by atoms with E-state index in [1.165, 1.54) is 0 Å².